The molecule has 0 spiro atoms. The van der Waals surface area contributed by atoms with Gasteiger partial charge >= 0.3 is 0 Å². The van der Waals surface area contributed by atoms with Crippen LogP contribution in [0, 0.1) is 0 Å². The van der Waals surface area contributed by atoms with E-state index in [1.165, 1.54) is 37.7 Å². The normalized spacial score (nSPS) is 19.6. The molecule has 1 aliphatic carbocycles. The minimum absolute atomic E-state index is 0.368. The first-order valence-electron chi connectivity index (χ1n) is 6.13. The first-order valence-corrected chi connectivity index (χ1v) is 6.51. The van der Waals surface area contributed by atoms with Crippen LogP contribution in [-0.4, -0.2) is 11.0 Å². The third kappa shape index (κ3) is 3.19. The Kier molecular flexibility index (Phi) is 4.19. The van der Waals surface area contributed by atoms with Gasteiger partial charge in [0.25, 0.3) is 0 Å². The molecule has 16 heavy (non-hydrogen) atoms. The second kappa shape index (κ2) is 5.65. The third-order valence-electron chi connectivity index (χ3n) is 3.34. The van der Waals surface area contributed by atoms with Crippen LogP contribution >= 0.6 is 11.6 Å². The Hall–Kier alpha value is -0.600. The topological polar surface area (TPSA) is 24.9 Å². The van der Waals surface area contributed by atoms with E-state index in [1.807, 2.05) is 12.3 Å². The van der Waals surface area contributed by atoms with E-state index in [4.69, 9.17) is 11.6 Å². The summed E-state index contributed by atoms with van der Waals surface area (Å²) in [5.41, 5.74) is 1.22. The molecule has 0 aromatic carbocycles. The van der Waals surface area contributed by atoms with Crippen LogP contribution in [0.4, 0.5) is 0 Å². The molecule has 1 aliphatic rings. The summed E-state index contributed by atoms with van der Waals surface area (Å²) in [6.07, 6.45) is 8.61. The maximum absolute atomic E-state index is 5.78. The Labute approximate surface area is 102 Å². The Morgan fingerprint density at radius 2 is 2.06 bits per heavy atom. The van der Waals surface area contributed by atoms with Crippen molar-refractivity contribution in [1.29, 1.82) is 0 Å². The van der Waals surface area contributed by atoms with Crippen molar-refractivity contribution in [2.24, 2.45) is 0 Å². The SMILES string of the molecule is CC(NC1CCCCC1)c1ccc(Cl)nc1. The fourth-order valence-corrected chi connectivity index (χ4v) is 2.47. The number of hydrogen-bond donors (Lipinski definition) is 1. The number of rotatable bonds is 3. The highest BCUT2D eigenvalue weighted by Crippen LogP contribution is 2.21. The molecule has 0 bridgehead atoms. The van der Waals surface area contributed by atoms with E-state index < -0.39 is 0 Å². The maximum atomic E-state index is 5.78. The second-order valence-corrected chi connectivity index (χ2v) is 5.02. The summed E-state index contributed by atoms with van der Waals surface area (Å²) in [4.78, 5) is 4.12. The second-order valence-electron chi connectivity index (χ2n) is 4.64. The Morgan fingerprint density at radius 1 is 1.31 bits per heavy atom. The lowest BCUT2D eigenvalue weighted by molar-refractivity contribution is 0.346. The molecule has 1 unspecified atom stereocenters. The smallest absolute Gasteiger partial charge is 0.129 e. The summed E-state index contributed by atoms with van der Waals surface area (Å²) < 4.78 is 0. The minimum Gasteiger partial charge on any atom is -0.307 e. The average molecular weight is 239 g/mol. The van der Waals surface area contributed by atoms with Crippen LogP contribution in [0.25, 0.3) is 0 Å². The molecule has 2 nitrogen and oxygen atoms in total. The Balaban J connectivity index is 1.91. The molecule has 1 atom stereocenters. The fraction of sp³-hybridized carbons (Fsp3) is 0.615. The van der Waals surface area contributed by atoms with Gasteiger partial charge in [0.05, 0.1) is 0 Å². The van der Waals surface area contributed by atoms with Crippen molar-refractivity contribution in [2.75, 3.05) is 0 Å². The lowest BCUT2D eigenvalue weighted by Gasteiger charge is -2.26. The van der Waals surface area contributed by atoms with Crippen LogP contribution in [-0.2, 0) is 0 Å². The molecule has 0 amide bonds. The number of halogens is 1. The van der Waals surface area contributed by atoms with Gasteiger partial charge in [-0.15, -0.1) is 0 Å². The first kappa shape index (κ1) is 11.9. The van der Waals surface area contributed by atoms with Gasteiger partial charge in [-0.3, -0.25) is 0 Å². The van der Waals surface area contributed by atoms with E-state index in [9.17, 15) is 0 Å². The molecule has 1 fully saturated rings. The van der Waals surface area contributed by atoms with Gasteiger partial charge in [-0.1, -0.05) is 36.9 Å². The van der Waals surface area contributed by atoms with Crippen molar-refractivity contribution in [3.05, 3.63) is 29.0 Å². The standard InChI is InChI=1S/C13H19ClN2/c1-10(11-7-8-13(14)15-9-11)16-12-5-3-2-4-6-12/h7-10,12,16H,2-6H2,1H3. The highest BCUT2D eigenvalue weighted by molar-refractivity contribution is 6.29. The van der Waals surface area contributed by atoms with Crippen LogP contribution in [0.3, 0.4) is 0 Å². The molecular weight excluding hydrogens is 220 g/mol. The average Bonchev–Trinajstić information content (AvgIpc) is 2.31. The molecule has 1 aromatic heterocycles. The van der Waals surface area contributed by atoms with Gasteiger partial charge in [0.2, 0.25) is 0 Å². The van der Waals surface area contributed by atoms with Crippen molar-refractivity contribution >= 4 is 11.6 Å². The minimum atomic E-state index is 0.368. The first-order chi connectivity index (χ1) is 7.75. The van der Waals surface area contributed by atoms with Crippen molar-refractivity contribution in [1.82, 2.24) is 10.3 Å². The van der Waals surface area contributed by atoms with Crippen LogP contribution in [0.5, 0.6) is 0 Å². The number of aromatic nitrogens is 1. The number of nitrogens with one attached hydrogen (secondary N) is 1. The molecule has 1 saturated carbocycles. The highest BCUT2D eigenvalue weighted by Gasteiger charge is 2.16. The molecule has 0 aliphatic heterocycles. The molecule has 1 aromatic rings. The fourth-order valence-electron chi connectivity index (χ4n) is 2.36. The van der Waals surface area contributed by atoms with Crippen molar-refractivity contribution in [3.8, 4) is 0 Å². The number of pyridine rings is 1. The van der Waals surface area contributed by atoms with Crippen LogP contribution in [0.15, 0.2) is 18.3 Å². The monoisotopic (exact) mass is 238 g/mol. The van der Waals surface area contributed by atoms with Gasteiger partial charge in [-0.2, -0.15) is 0 Å². The molecular formula is C13H19ClN2. The van der Waals surface area contributed by atoms with Crippen LogP contribution in [0.1, 0.15) is 50.6 Å². The molecule has 1 heterocycles. The van der Waals surface area contributed by atoms with Crippen molar-refractivity contribution in [2.45, 2.75) is 51.1 Å². The van der Waals surface area contributed by atoms with Crippen molar-refractivity contribution < 1.29 is 0 Å². The number of hydrogen-bond acceptors (Lipinski definition) is 2. The van der Waals surface area contributed by atoms with Crippen molar-refractivity contribution in [3.63, 3.8) is 0 Å². The molecule has 1 N–H and O–H groups in total. The van der Waals surface area contributed by atoms with Gasteiger partial charge < -0.3 is 5.32 Å². The van der Waals surface area contributed by atoms with Crippen LogP contribution < -0.4 is 5.32 Å². The number of nitrogens with zero attached hydrogens (tertiary/aromatic N) is 1. The zero-order chi connectivity index (χ0) is 11.4. The zero-order valence-electron chi connectivity index (χ0n) is 9.75. The molecule has 88 valence electrons. The summed E-state index contributed by atoms with van der Waals surface area (Å²) in [6, 6.07) is 4.96. The predicted octanol–water partition coefficient (Wildman–Crippen LogP) is 3.72. The summed E-state index contributed by atoms with van der Waals surface area (Å²) in [5, 5.41) is 4.24. The summed E-state index contributed by atoms with van der Waals surface area (Å²) >= 11 is 5.78. The molecule has 2 rings (SSSR count). The molecule has 3 heteroatoms. The Bertz CT molecular complexity index is 317. The zero-order valence-corrected chi connectivity index (χ0v) is 10.5. The van der Waals surface area contributed by atoms with E-state index in [2.05, 4.69) is 23.3 Å². The van der Waals surface area contributed by atoms with E-state index in [-0.39, 0.29) is 0 Å². The van der Waals surface area contributed by atoms with Gasteiger partial charge in [-0.25, -0.2) is 4.98 Å². The predicted molar refractivity (Wildman–Crippen MR) is 67.7 cm³/mol. The quantitative estimate of drug-likeness (QED) is 0.812. The molecule has 0 radical (unpaired) electrons. The summed E-state index contributed by atoms with van der Waals surface area (Å²) in [7, 11) is 0. The lowest BCUT2D eigenvalue weighted by atomic mass is 9.94. The van der Waals surface area contributed by atoms with Crippen LogP contribution in [0.2, 0.25) is 5.15 Å². The van der Waals surface area contributed by atoms with E-state index in [1.54, 1.807) is 0 Å². The molecule has 0 saturated heterocycles. The third-order valence-corrected chi connectivity index (χ3v) is 3.56. The van der Waals surface area contributed by atoms with E-state index >= 15 is 0 Å². The summed E-state index contributed by atoms with van der Waals surface area (Å²) in [5.74, 6) is 0. The maximum Gasteiger partial charge on any atom is 0.129 e. The van der Waals surface area contributed by atoms with E-state index in [0.717, 1.165) is 0 Å². The Morgan fingerprint density at radius 3 is 2.69 bits per heavy atom. The van der Waals surface area contributed by atoms with Gasteiger partial charge in [-0.05, 0) is 31.4 Å². The van der Waals surface area contributed by atoms with Gasteiger partial charge in [0, 0.05) is 18.3 Å². The van der Waals surface area contributed by atoms with Gasteiger partial charge in [0.15, 0.2) is 0 Å². The van der Waals surface area contributed by atoms with Gasteiger partial charge in [0.1, 0.15) is 5.15 Å². The van der Waals surface area contributed by atoms with E-state index in [0.29, 0.717) is 17.2 Å². The summed E-state index contributed by atoms with van der Waals surface area (Å²) in [6.45, 7) is 2.19. The lowest BCUT2D eigenvalue weighted by Crippen LogP contribution is -2.33. The largest absolute Gasteiger partial charge is 0.307 e. The highest BCUT2D eigenvalue weighted by atomic mass is 35.5.